The zero-order chi connectivity index (χ0) is 15.0. The van der Waals surface area contributed by atoms with Crippen molar-refractivity contribution in [1.29, 1.82) is 0 Å². The molecular formula is C15H18F4N2. The number of nitrogens with zero attached hydrogens (tertiary/aromatic N) is 1. The number of halogens is 4. The molecule has 1 atom stereocenters. The number of alkyl halides is 3. The van der Waals surface area contributed by atoms with E-state index >= 15 is 0 Å². The van der Waals surface area contributed by atoms with Gasteiger partial charge in [0.05, 0.1) is 5.56 Å². The molecule has 2 nitrogen and oxygen atoms in total. The maximum absolute atomic E-state index is 13.8. The van der Waals surface area contributed by atoms with Gasteiger partial charge in [0.15, 0.2) is 0 Å². The summed E-state index contributed by atoms with van der Waals surface area (Å²) in [6.45, 7) is 3.44. The van der Waals surface area contributed by atoms with Crippen molar-refractivity contribution in [3.8, 4) is 0 Å². The summed E-state index contributed by atoms with van der Waals surface area (Å²) < 4.78 is 51.8. The molecule has 1 N–H and O–H groups in total. The molecule has 1 saturated carbocycles. The van der Waals surface area contributed by atoms with Gasteiger partial charge in [-0.3, -0.25) is 4.90 Å². The van der Waals surface area contributed by atoms with Crippen LogP contribution >= 0.6 is 0 Å². The lowest BCUT2D eigenvalue weighted by Gasteiger charge is -2.35. The highest BCUT2D eigenvalue weighted by Crippen LogP contribution is 2.45. The Morgan fingerprint density at radius 1 is 1.14 bits per heavy atom. The highest BCUT2D eigenvalue weighted by atomic mass is 19.4. The number of rotatable bonds is 3. The first-order chi connectivity index (χ1) is 9.97. The van der Waals surface area contributed by atoms with Crippen LogP contribution in [-0.4, -0.2) is 31.1 Å². The van der Waals surface area contributed by atoms with Gasteiger partial charge in [-0.1, -0.05) is 6.07 Å². The molecule has 0 radical (unpaired) electrons. The van der Waals surface area contributed by atoms with Gasteiger partial charge in [0.25, 0.3) is 0 Å². The highest BCUT2D eigenvalue weighted by Gasteiger charge is 2.39. The number of nitrogens with one attached hydrogen (secondary N) is 1. The smallest absolute Gasteiger partial charge is 0.314 e. The van der Waals surface area contributed by atoms with Gasteiger partial charge in [-0.2, -0.15) is 13.2 Å². The van der Waals surface area contributed by atoms with Crippen LogP contribution in [0.5, 0.6) is 0 Å². The lowest BCUT2D eigenvalue weighted by molar-refractivity contribution is -0.140. The third-order valence-corrected chi connectivity index (χ3v) is 4.25. The second kappa shape index (κ2) is 5.57. The average Bonchev–Trinajstić information content (AvgIpc) is 3.23. The summed E-state index contributed by atoms with van der Waals surface area (Å²) in [6, 6.07) is 3.44. The van der Waals surface area contributed by atoms with Crippen LogP contribution in [0.15, 0.2) is 18.2 Å². The van der Waals surface area contributed by atoms with Gasteiger partial charge in [-0.15, -0.1) is 0 Å². The van der Waals surface area contributed by atoms with Gasteiger partial charge in [0.2, 0.25) is 0 Å². The molecule has 6 heteroatoms. The Kier molecular flexibility index (Phi) is 3.92. The van der Waals surface area contributed by atoms with Crippen LogP contribution in [0.2, 0.25) is 0 Å². The second-order valence-corrected chi connectivity index (χ2v) is 5.81. The summed E-state index contributed by atoms with van der Waals surface area (Å²) in [7, 11) is 0. The van der Waals surface area contributed by atoms with Gasteiger partial charge in [-0.25, -0.2) is 4.39 Å². The van der Waals surface area contributed by atoms with Crippen molar-refractivity contribution in [3.05, 3.63) is 35.1 Å². The SMILES string of the molecule is Fc1cc([C@H](C2CC2)N2CCNCC2)ccc1C(F)(F)F. The molecule has 1 aromatic carbocycles. The van der Waals surface area contributed by atoms with Crippen molar-refractivity contribution in [2.75, 3.05) is 26.2 Å². The third-order valence-electron chi connectivity index (χ3n) is 4.25. The molecule has 116 valence electrons. The first-order valence-electron chi connectivity index (χ1n) is 7.28. The van der Waals surface area contributed by atoms with E-state index in [0.717, 1.165) is 51.2 Å². The van der Waals surface area contributed by atoms with Crippen molar-refractivity contribution in [2.24, 2.45) is 5.92 Å². The lowest BCUT2D eigenvalue weighted by Crippen LogP contribution is -2.45. The number of piperazine rings is 1. The van der Waals surface area contributed by atoms with E-state index in [1.54, 1.807) is 0 Å². The van der Waals surface area contributed by atoms with Crippen molar-refractivity contribution in [2.45, 2.75) is 25.1 Å². The van der Waals surface area contributed by atoms with Gasteiger partial charge in [0.1, 0.15) is 5.82 Å². The fourth-order valence-electron chi connectivity index (χ4n) is 3.10. The van der Waals surface area contributed by atoms with E-state index in [1.807, 2.05) is 0 Å². The Hall–Kier alpha value is -1.14. The number of hydrogen-bond acceptors (Lipinski definition) is 2. The zero-order valence-corrected chi connectivity index (χ0v) is 11.6. The molecule has 1 aliphatic heterocycles. The highest BCUT2D eigenvalue weighted by molar-refractivity contribution is 5.29. The van der Waals surface area contributed by atoms with Crippen molar-refractivity contribution in [3.63, 3.8) is 0 Å². The first-order valence-corrected chi connectivity index (χ1v) is 7.28. The molecule has 2 aliphatic rings. The minimum atomic E-state index is -4.63. The maximum Gasteiger partial charge on any atom is 0.419 e. The molecular weight excluding hydrogens is 284 g/mol. The van der Waals surface area contributed by atoms with E-state index in [1.165, 1.54) is 6.07 Å². The van der Waals surface area contributed by atoms with Crippen LogP contribution in [0.1, 0.15) is 30.0 Å². The molecule has 1 saturated heterocycles. The van der Waals surface area contributed by atoms with Crippen molar-refractivity contribution < 1.29 is 17.6 Å². The minimum Gasteiger partial charge on any atom is -0.314 e. The normalized spacial score (nSPS) is 22.3. The van der Waals surface area contributed by atoms with E-state index in [-0.39, 0.29) is 6.04 Å². The molecule has 0 unspecified atom stereocenters. The Balaban J connectivity index is 1.87. The molecule has 1 heterocycles. The molecule has 21 heavy (non-hydrogen) atoms. The van der Waals surface area contributed by atoms with E-state index in [0.29, 0.717) is 11.5 Å². The van der Waals surface area contributed by atoms with Crippen LogP contribution in [0, 0.1) is 11.7 Å². The fourth-order valence-corrected chi connectivity index (χ4v) is 3.10. The van der Waals surface area contributed by atoms with Gasteiger partial charge in [0, 0.05) is 32.2 Å². The number of hydrogen-bond donors (Lipinski definition) is 1. The monoisotopic (exact) mass is 302 g/mol. The van der Waals surface area contributed by atoms with Crippen LogP contribution < -0.4 is 5.32 Å². The molecule has 3 rings (SSSR count). The van der Waals surface area contributed by atoms with Crippen LogP contribution in [-0.2, 0) is 6.18 Å². The topological polar surface area (TPSA) is 15.3 Å². The van der Waals surface area contributed by atoms with Gasteiger partial charge < -0.3 is 5.32 Å². The van der Waals surface area contributed by atoms with Gasteiger partial charge in [-0.05, 0) is 36.5 Å². The van der Waals surface area contributed by atoms with E-state index in [9.17, 15) is 17.6 Å². The molecule has 0 spiro atoms. The number of benzene rings is 1. The zero-order valence-electron chi connectivity index (χ0n) is 11.6. The predicted molar refractivity (Wildman–Crippen MR) is 71.3 cm³/mol. The summed E-state index contributed by atoms with van der Waals surface area (Å²) in [5, 5.41) is 3.26. The molecule has 2 fully saturated rings. The summed E-state index contributed by atoms with van der Waals surface area (Å²) in [5.41, 5.74) is -0.508. The Morgan fingerprint density at radius 2 is 1.81 bits per heavy atom. The molecule has 1 aromatic rings. The largest absolute Gasteiger partial charge is 0.419 e. The minimum absolute atomic E-state index is 0.0453. The van der Waals surface area contributed by atoms with Crippen molar-refractivity contribution >= 4 is 0 Å². The summed E-state index contributed by atoms with van der Waals surface area (Å²) >= 11 is 0. The van der Waals surface area contributed by atoms with Crippen LogP contribution in [0.25, 0.3) is 0 Å². The summed E-state index contributed by atoms with van der Waals surface area (Å²) in [4.78, 5) is 2.26. The van der Waals surface area contributed by atoms with E-state index in [2.05, 4.69) is 10.2 Å². The summed E-state index contributed by atoms with van der Waals surface area (Å²) in [5.74, 6) is -0.722. The fraction of sp³-hybridized carbons (Fsp3) is 0.600. The van der Waals surface area contributed by atoms with Crippen LogP contribution in [0.4, 0.5) is 17.6 Å². The third kappa shape index (κ3) is 3.21. The van der Waals surface area contributed by atoms with Crippen molar-refractivity contribution in [1.82, 2.24) is 10.2 Å². The van der Waals surface area contributed by atoms with E-state index < -0.39 is 17.6 Å². The quantitative estimate of drug-likeness (QED) is 0.863. The first kappa shape index (κ1) is 14.8. The predicted octanol–water partition coefficient (Wildman–Crippen LogP) is 3.20. The molecule has 0 amide bonds. The Morgan fingerprint density at radius 3 is 2.33 bits per heavy atom. The Bertz CT molecular complexity index is 505. The van der Waals surface area contributed by atoms with Crippen LogP contribution in [0.3, 0.4) is 0 Å². The Labute approximate surface area is 121 Å². The maximum atomic E-state index is 13.8. The molecule has 0 bridgehead atoms. The molecule has 0 aromatic heterocycles. The van der Waals surface area contributed by atoms with Gasteiger partial charge >= 0.3 is 6.18 Å². The molecule has 1 aliphatic carbocycles. The average molecular weight is 302 g/mol. The summed E-state index contributed by atoms with van der Waals surface area (Å²) in [6.07, 6.45) is -2.50. The van der Waals surface area contributed by atoms with E-state index in [4.69, 9.17) is 0 Å². The lowest BCUT2D eigenvalue weighted by atomic mass is 9.98. The standard InChI is InChI=1S/C15H18F4N2/c16-13-9-11(3-4-12(13)15(17,18)19)14(10-1-2-10)21-7-5-20-6-8-21/h3-4,9-10,14,20H,1-2,5-8H2/t14-/m0/s1. The second-order valence-electron chi connectivity index (χ2n) is 5.81.